The molecule has 1 fully saturated rings. The van der Waals surface area contributed by atoms with Crippen LogP contribution in [0.25, 0.3) is 10.2 Å². The summed E-state index contributed by atoms with van der Waals surface area (Å²) in [6.45, 7) is 6.29. The van der Waals surface area contributed by atoms with E-state index in [0.717, 1.165) is 35.6 Å². The third kappa shape index (κ3) is 2.08. The van der Waals surface area contributed by atoms with Gasteiger partial charge in [-0.05, 0) is 36.8 Å². The predicted molar refractivity (Wildman–Crippen MR) is 73.2 cm³/mol. The van der Waals surface area contributed by atoms with E-state index in [-0.39, 0.29) is 6.10 Å². The summed E-state index contributed by atoms with van der Waals surface area (Å²) in [5.74, 6) is 1.30. The van der Waals surface area contributed by atoms with Crippen molar-refractivity contribution in [2.45, 2.75) is 26.4 Å². The largest absolute Gasteiger partial charge is 0.472 e. The number of aromatic nitrogens is 2. The minimum Gasteiger partial charge on any atom is -0.472 e. The summed E-state index contributed by atoms with van der Waals surface area (Å²) in [5, 5.41) is 5.48. The van der Waals surface area contributed by atoms with Crippen LogP contribution in [0.3, 0.4) is 0 Å². The summed E-state index contributed by atoms with van der Waals surface area (Å²) in [5.41, 5.74) is 2.21. The number of hydrogen-bond acceptors (Lipinski definition) is 5. The van der Waals surface area contributed by atoms with Crippen molar-refractivity contribution >= 4 is 21.6 Å². The zero-order valence-corrected chi connectivity index (χ0v) is 11.5. The summed E-state index contributed by atoms with van der Waals surface area (Å²) in [7, 11) is 0. The van der Waals surface area contributed by atoms with Crippen molar-refractivity contribution in [2.75, 3.05) is 13.1 Å². The second-order valence-corrected chi connectivity index (χ2v) is 5.78. The molecule has 0 radical (unpaired) electrons. The van der Waals surface area contributed by atoms with Gasteiger partial charge >= 0.3 is 0 Å². The van der Waals surface area contributed by atoms with Gasteiger partial charge in [0, 0.05) is 6.54 Å². The molecule has 0 bridgehead atoms. The number of aryl methyl sites for hydroxylation is 1. The van der Waals surface area contributed by atoms with Crippen LogP contribution in [0.5, 0.6) is 5.88 Å². The molecule has 2 aromatic rings. The Bertz CT molecular complexity index is 554. The number of thiophene rings is 1. The van der Waals surface area contributed by atoms with Crippen LogP contribution >= 0.6 is 11.3 Å². The highest BCUT2D eigenvalue weighted by Crippen LogP contribution is 2.31. The van der Waals surface area contributed by atoms with Gasteiger partial charge in [0.15, 0.2) is 0 Å². The van der Waals surface area contributed by atoms with E-state index >= 15 is 0 Å². The zero-order valence-electron chi connectivity index (χ0n) is 10.6. The first-order valence-electron chi connectivity index (χ1n) is 6.32. The highest BCUT2D eigenvalue weighted by molar-refractivity contribution is 7.17. The Morgan fingerprint density at radius 2 is 2.33 bits per heavy atom. The molecule has 2 unspecified atom stereocenters. The normalized spacial score (nSPS) is 24.3. The van der Waals surface area contributed by atoms with Gasteiger partial charge in [-0.25, -0.2) is 9.97 Å². The van der Waals surface area contributed by atoms with Crippen molar-refractivity contribution in [2.24, 2.45) is 5.92 Å². The summed E-state index contributed by atoms with van der Waals surface area (Å²) >= 11 is 1.66. The minimum atomic E-state index is 0.208. The predicted octanol–water partition coefficient (Wildman–Crippen LogP) is 2.38. The van der Waals surface area contributed by atoms with E-state index in [2.05, 4.69) is 34.5 Å². The van der Waals surface area contributed by atoms with Crippen molar-refractivity contribution in [1.82, 2.24) is 15.3 Å². The SMILES string of the molecule is Cc1csc2c(OC3CNCCC3C)ncnc12. The summed E-state index contributed by atoms with van der Waals surface area (Å²) in [6.07, 6.45) is 2.96. The molecule has 0 aromatic carbocycles. The summed E-state index contributed by atoms with van der Waals surface area (Å²) in [4.78, 5) is 8.62. The van der Waals surface area contributed by atoms with E-state index in [0.29, 0.717) is 5.92 Å². The first-order chi connectivity index (χ1) is 8.75. The third-order valence-corrected chi connectivity index (χ3v) is 4.59. The molecule has 0 aliphatic carbocycles. The van der Waals surface area contributed by atoms with Gasteiger partial charge in [-0.1, -0.05) is 6.92 Å². The molecule has 1 N–H and O–H groups in total. The lowest BCUT2D eigenvalue weighted by Gasteiger charge is -2.29. The monoisotopic (exact) mass is 263 g/mol. The van der Waals surface area contributed by atoms with E-state index in [9.17, 15) is 0 Å². The number of fused-ring (bicyclic) bond motifs is 1. The molecule has 5 heteroatoms. The van der Waals surface area contributed by atoms with Crippen LogP contribution in [0.4, 0.5) is 0 Å². The number of hydrogen-bond donors (Lipinski definition) is 1. The first-order valence-corrected chi connectivity index (χ1v) is 7.20. The van der Waals surface area contributed by atoms with Crippen LogP contribution in [0, 0.1) is 12.8 Å². The molecule has 3 rings (SSSR count). The van der Waals surface area contributed by atoms with Gasteiger partial charge in [0.05, 0.1) is 5.52 Å². The quantitative estimate of drug-likeness (QED) is 0.903. The molecular formula is C13H17N3OS. The van der Waals surface area contributed by atoms with Crippen molar-refractivity contribution in [1.29, 1.82) is 0 Å². The molecule has 3 heterocycles. The Morgan fingerprint density at radius 1 is 1.44 bits per heavy atom. The van der Waals surface area contributed by atoms with Gasteiger partial charge in [-0.15, -0.1) is 11.3 Å². The van der Waals surface area contributed by atoms with Crippen molar-refractivity contribution in [3.63, 3.8) is 0 Å². The van der Waals surface area contributed by atoms with E-state index in [1.165, 1.54) is 5.56 Å². The van der Waals surface area contributed by atoms with Gasteiger partial charge in [0.2, 0.25) is 5.88 Å². The maximum atomic E-state index is 6.09. The lowest BCUT2D eigenvalue weighted by Crippen LogP contribution is -2.43. The number of nitrogens with zero attached hydrogens (tertiary/aromatic N) is 2. The van der Waals surface area contributed by atoms with Crippen molar-refractivity contribution < 1.29 is 4.74 Å². The van der Waals surface area contributed by atoms with Crippen LogP contribution in [0.1, 0.15) is 18.9 Å². The van der Waals surface area contributed by atoms with Crippen LogP contribution < -0.4 is 10.1 Å². The van der Waals surface area contributed by atoms with Gasteiger partial charge in [0.1, 0.15) is 17.1 Å². The van der Waals surface area contributed by atoms with Crippen LogP contribution in [0.2, 0.25) is 0 Å². The van der Waals surface area contributed by atoms with Crippen molar-refractivity contribution in [3.05, 3.63) is 17.3 Å². The molecule has 0 spiro atoms. The molecule has 1 aliphatic rings. The third-order valence-electron chi connectivity index (χ3n) is 3.52. The summed E-state index contributed by atoms with van der Waals surface area (Å²) < 4.78 is 7.15. The second kappa shape index (κ2) is 4.82. The Labute approximate surface area is 110 Å². The molecular weight excluding hydrogens is 246 g/mol. The van der Waals surface area contributed by atoms with E-state index < -0.39 is 0 Å². The minimum absolute atomic E-state index is 0.208. The number of nitrogens with one attached hydrogen (secondary N) is 1. The highest BCUT2D eigenvalue weighted by Gasteiger charge is 2.24. The van der Waals surface area contributed by atoms with Gasteiger partial charge in [-0.2, -0.15) is 0 Å². The molecule has 0 saturated carbocycles. The number of ether oxygens (including phenoxy) is 1. The summed E-state index contributed by atoms with van der Waals surface area (Å²) in [6, 6.07) is 0. The standard InChI is InChI=1S/C13H17N3OS/c1-8-3-4-14-5-10(8)17-13-12-11(15-7-16-13)9(2)6-18-12/h6-8,10,14H,3-5H2,1-2H3. The lowest BCUT2D eigenvalue weighted by atomic mass is 9.97. The maximum absolute atomic E-state index is 6.09. The fourth-order valence-electron chi connectivity index (χ4n) is 2.29. The molecule has 96 valence electrons. The van der Waals surface area contributed by atoms with Crippen LogP contribution in [0.15, 0.2) is 11.7 Å². The second-order valence-electron chi connectivity index (χ2n) is 4.90. The Kier molecular flexibility index (Phi) is 3.18. The fraction of sp³-hybridized carbons (Fsp3) is 0.538. The average Bonchev–Trinajstić information content (AvgIpc) is 2.76. The number of rotatable bonds is 2. The van der Waals surface area contributed by atoms with E-state index in [4.69, 9.17) is 4.74 Å². The highest BCUT2D eigenvalue weighted by atomic mass is 32.1. The Morgan fingerprint density at radius 3 is 3.17 bits per heavy atom. The average molecular weight is 263 g/mol. The van der Waals surface area contributed by atoms with Crippen LogP contribution in [-0.4, -0.2) is 29.2 Å². The topological polar surface area (TPSA) is 47.0 Å². The lowest BCUT2D eigenvalue weighted by molar-refractivity contribution is 0.111. The molecule has 0 amide bonds. The van der Waals surface area contributed by atoms with Gasteiger partial charge in [0.25, 0.3) is 0 Å². The first kappa shape index (κ1) is 11.9. The molecule has 1 aliphatic heterocycles. The molecule has 1 saturated heterocycles. The van der Waals surface area contributed by atoms with Crippen LogP contribution in [-0.2, 0) is 0 Å². The van der Waals surface area contributed by atoms with Gasteiger partial charge in [-0.3, -0.25) is 0 Å². The Balaban J connectivity index is 1.90. The zero-order chi connectivity index (χ0) is 12.5. The number of piperidine rings is 1. The van der Waals surface area contributed by atoms with E-state index in [1.54, 1.807) is 17.7 Å². The van der Waals surface area contributed by atoms with Crippen molar-refractivity contribution in [3.8, 4) is 5.88 Å². The molecule has 18 heavy (non-hydrogen) atoms. The smallest absolute Gasteiger partial charge is 0.235 e. The van der Waals surface area contributed by atoms with Gasteiger partial charge < -0.3 is 10.1 Å². The molecule has 2 atom stereocenters. The maximum Gasteiger partial charge on any atom is 0.235 e. The van der Waals surface area contributed by atoms with E-state index in [1.807, 2.05) is 0 Å². The fourth-order valence-corrected chi connectivity index (χ4v) is 3.23. The molecule has 2 aromatic heterocycles. The molecule has 4 nitrogen and oxygen atoms in total. The Hall–Kier alpha value is -1.20.